The number of ether oxygens (including phenoxy) is 1. The zero-order valence-corrected chi connectivity index (χ0v) is 13.8. The Morgan fingerprint density at radius 3 is 2.88 bits per heavy atom. The van der Waals surface area contributed by atoms with E-state index >= 15 is 0 Å². The van der Waals surface area contributed by atoms with Crippen LogP contribution in [-0.4, -0.2) is 29.9 Å². The number of anilines is 2. The summed E-state index contributed by atoms with van der Waals surface area (Å²) in [6.45, 7) is -0.659. The van der Waals surface area contributed by atoms with Crippen molar-refractivity contribution in [3.05, 3.63) is 34.3 Å². The highest BCUT2D eigenvalue weighted by Gasteiger charge is 2.34. The van der Waals surface area contributed by atoms with Crippen LogP contribution in [0.1, 0.15) is 5.69 Å². The summed E-state index contributed by atoms with van der Waals surface area (Å²) in [7, 11) is 0. The third kappa shape index (κ3) is 3.85. The van der Waals surface area contributed by atoms with E-state index in [-0.39, 0.29) is 11.7 Å². The van der Waals surface area contributed by atoms with Gasteiger partial charge in [-0.1, -0.05) is 11.6 Å². The Hall–Kier alpha value is -2.33. The summed E-state index contributed by atoms with van der Waals surface area (Å²) < 4.78 is 42.8. The number of nitrogens with zero attached hydrogens (tertiary/aromatic N) is 2. The number of alkyl halides is 3. The Bertz CT molecular complexity index is 840. The summed E-state index contributed by atoms with van der Waals surface area (Å²) in [5.74, 6) is -0.783. The van der Waals surface area contributed by atoms with Crippen molar-refractivity contribution in [1.29, 1.82) is 0 Å². The SMILES string of the molecule is O=C(CN1C(=O)COc2ccc(Cl)cc21)Nc1nc(C(F)(F)F)cs1. The molecule has 2 amide bonds. The van der Waals surface area contributed by atoms with E-state index in [4.69, 9.17) is 16.3 Å². The number of hydrogen-bond donors (Lipinski definition) is 1. The van der Waals surface area contributed by atoms with Gasteiger partial charge >= 0.3 is 6.18 Å². The molecule has 0 radical (unpaired) electrons. The first-order chi connectivity index (χ1) is 11.7. The lowest BCUT2D eigenvalue weighted by Gasteiger charge is -2.28. The molecule has 11 heteroatoms. The second-order valence-electron chi connectivity index (χ2n) is 4.96. The average Bonchev–Trinajstić information content (AvgIpc) is 2.99. The van der Waals surface area contributed by atoms with E-state index in [1.54, 1.807) is 12.1 Å². The molecule has 0 atom stereocenters. The number of rotatable bonds is 3. The molecule has 0 aliphatic carbocycles. The highest BCUT2D eigenvalue weighted by molar-refractivity contribution is 7.13. The van der Waals surface area contributed by atoms with Crippen LogP contribution >= 0.6 is 22.9 Å². The molecule has 2 aromatic rings. The lowest BCUT2D eigenvalue weighted by atomic mass is 10.2. The van der Waals surface area contributed by atoms with Gasteiger partial charge in [0.25, 0.3) is 5.91 Å². The summed E-state index contributed by atoms with van der Waals surface area (Å²) in [5.41, 5.74) is -0.776. The van der Waals surface area contributed by atoms with Gasteiger partial charge in [0.15, 0.2) is 17.4 Å². The maximum Gasteiger partial charge on any atom is 0.434 e. The van der Waals surface area contributed by atoms with E-state index in [9.17, 15) is 22.8 Å². The van der Waals surface area contributed by atoms with Crippen LogP contribution < -0.4 is 15.0 Å². The van der Waals surface area contributed by atoms with Gasteiger partial charge in [0.05, 0.1) is 5.69 Å². The van der Waals surface area contributed by atoms with E-state index in [0.717, 1.165) is 10.3 Å². The summed E-state index contributed by atoms with van der Waals surface area (Å²) in [6, 6.07) is 4.60. The molecule has 0 unspecified atom stereocenters. The maximum absolute atomic E-state index is 12.5. The lowest BCUT2D eigenvalue weighted by Crippen LogP contribution is -2.43. The topological polar surface area (TPSA) is 71.5 Å². The number of carbonyl (C=O) groups excluding carboxylic acids is 2. The summed E-state index contributed by atoms with van der Waals surface area (Å²) >= 11 is 6.54. The molecule has 132 valence electrons. The molecule has 1 N–H and O–H groups in total. The molecule has 0 bridgehead atoms. The number of nitrogens with one attached hydrogen (secondary N) is 1. The highest BCUT2D eigenvalue weighted by Crippen LogP contribution is 2.34. The highest BCUT2D eigenvalue weighted by atomic mass is 35.5. The Labute approximate surface area is 148 Å². The molecule has 2 heterocycles. The summed E-state index contributed by atoms with van der Waals surface area (Å²) in [5, 5.41) is 3.19. The summed E-state index contributed by atoms with van der Waals surface area (Å²) in [6.07, 6.45) is -4.59. The van der Waals surface area contributed by atoms with Crippen LogP contribution in [0.3, 0.4) is 0 Å². The van der Waals surface area contributed by atoms with Crippen LogP contribution in [0, 0.1) is 0 Å². The fourth-order valence-electron chi connectivity index (χ4n) is 2.11. The normalized spacial score (nSPS) is 14.1. The number of aromatic nitrogens is 1. The van der Waals surface area contributed by atoms with Gasteiger partial charge in [-0.2, -0.15) is 13.2 Å². The van der Waals surface area contributed by atoms with Crippen molar-refractivity contribution >= 4 is 45.6 Å². The average molecular weight is 392 g/mol. The number of halogens is 4. The van der Waals surface area contributed by atoms with E-state index in [1.165, 1.54) is 6.07 Å². The van der Waals surface area contributed by atoms with Gasteiger partial charge in [-0.25, -0.2) is 4.98 Å². The Morgan fingerprint density at radius 1 is 1.44 bits per heavy atom. The smallest absolute Gasteiger partial charge is 0.434 e. The van der Waals surface area contributed by atoms with Gasteiger partial charge in [-0.15, -0.1) is 11.3 Å². The van der Waals surface area contributed by atoms with Crippen LogP contribution in [0.2, 0.25) is 5.02 Å². The Balaban J connectivity index is 1.74. The first kappa shape index (κ1) is 17.5. The van der Waals surface area contributed by atoms with Gasteiger partial charge in [0, 0.05) is 10.4 Å². The van der Waals surface area contributed by atoms with Gasteiger partial charge in [0.2, 0.25) is 5.91 Å². The van der Waals surface area contributed by atoms with Crippen molar-refractivity contribution in [2.45, 2.75) is 6.18 Å². The molecule has 0 saturated heterocycles. The van der Waals surface area contributed by atoms with Crippen LogP contribution in [0.5, 0.6) is 5.75 Å². The second-order valence-corrected chi connectivity index (χ2v) is 6.26. The van der Waals surface area contributed by atoms with E-state index in [0.29, 0.717) is 27.8 Å². The minimum atomic E-state index is -4.59. The number of benzene rings is 1. The van der Waals surface area contributed by atoms with Crippen molar-refractivity contribution in [3.63, 3.8) is 0 Å². The largest absolute Gasteiger partial charge is 0.482 e. The molecule has 6 nitrogen and oxygen atoms in total. The predicted octanol–water partition coefficient (Wildman–Crippen LogP) is 3.18. The summed E-state index contributed by atoms with van der Waals surface area (Å²) in [4.78, 5) is 28.5. The van der Waals surface area contributed by atoms with Crippen LogP contribution in [0.15, 0.2) is 23.6 Å². The fourth-order valence-corrected chi connectivity index (χ4v) is 3.01. The van der Waals surface area contributed by atoms with Crippen LogP contribution in [-0.2, 0) is 15.8 Å². The zero-order valence-electron chi connectivity index (χ0n) is 12.3. The standard InChI is InChI=1S/C14H9ClF3N3O3S/c15-7-1-2-9-8(3-7)21(12(23)5-24-9)4-11(22)20-13-19-10(6-25-13)14(16,17)18/h1-3,6H,4-5H2,(H,19,20,22). The number of thiazole rings is 1. The van der Waals surface area contributed by atoms with Crippen molar-refractivity contribution in [2.24, 2.45) is 0 Å². The molecule has 0 fully saturated rings. The minimum absolute atomic E-state index is 0.204. The van der Waals surface area contributed by atoms with Crippen molar-refractivity contribution in [1.82, 2.24) is 4.98 Å². The van der Waals surface area contributed by atoms with E-state index < -0.39 is 30.2 Å². The zero-order chi connectivity index (χ0) is 18.2. The van der Waals surface area contributed by atoms with Crippen LogP contribution in [0.25, 0.3) is 0 Å². The van der Waals surface area contributed by atoms with Crippen LogP contribution in [0.4, 0.5) is 24.0 Å². The molecule has 1 aromatic heterocycles. The molecule has 0 spiro atoms. The van der Waals surface area contributed by atoms with Crippen molar-refractivity contribution in [2.75, 3.05) is 23.4 Å². The number of amides is 2. The Morgan fingerprint density at radius 2 is 2.20 bits per heavy atom. The molecule has 1 aromatic carbocycles. The monoisotopic (exact) mass is 391 g/mol. The third-order valence-corrected chi connectivity index (χ3v) is 4.20. The molecule has 3 rings (SSSR count). The Kier molecular flexibility index (Phi) is 4.56. The quantitative estimate of drug-likeness (QED) is 0.872. The minimum Gasteiger partial charge on any atom is -0.482 e. The molecule has 25 heavy (non-hydrogen) atoms. The molecular weight excluding hydrogens is 383 g/mol. The van der Waals surface area contributed by atoms with Crippen molar-refractivity contribution in [3.8, 4) is 5.75 Å². The number of hydrogen-bond acceptors (Lipinski definition) is 5. The molecule has 0 saturated carbocycles. The molecular formula is C14H9ClF3N3O3S. The second kappa shape index (κ2) is 6.52. The molecule has 1 aliphatic rings. The van der Waals surface area contributed by atoms with E-state index in [2.05, 4.69) is 10.3 Å². The van der Waals surface area contributed by atoms with Crippen molar-refractivity contribution < 1.29 is 27.5 Å². The van der Waals surface area contributed by atoms with Gasteiger partial charge in [0.1, 0.15) is 12.3 Å². The van der Waals surface area contributed by atoms with E-state index in [1.807, 2.05) is 0 Å². The first-order valence-electron chi connectivity index (χ1n) is 6.79. The third-order valence-electron chi connectivity index (χ3n) is 3.21. The maximum atomic E-state index is 12.5. The lowest BCUT2D eigenvalue weighted by molar-refractivity contribution is -0.140. The fraction of sp³-hybridized carbons (Fsp3) is 0.214. The molecule has 1 aliphatic heterocycles. The van der Waals surface area contributed by atoms with Gasteiger partial charge in [-0.3, -0.25) is 14.5 Å². The van der Waals surface area contributed by atoms with Gasteiger partial charge in [-0.05, 0) is 18.2 Å². The number of carbonyl (C=O) groups is 2. The van der Waals surface area contributed by atoms with Gasteiger partial charge < -0.3 is 10.1 Å². The first-order valence-corrected chi connectivity index (χ1v) is 8.05. The predicted molar refractivity (Wildman–Crippen MR) is 85.0 cm³/mol. The number of fused-ring (bicyclic) bond motifs is 1.